The number of aliphatic carboxylic acids is 1. The topological polar surface area (TPSA) is 89.0 Å². The lowest BCUT2D eigenvalue weighted by molar-refractivity contribution is -0.137. The molecule has 1 amide bonds. The van der Waals surface area contributed by atoms with Crippen molar-refractivity contribution in [1.82, 2.24) is 9.88 Å². The van der Waals surface area contributed by atoms with Crippen molar-refractivity contribution in [3.05, 3.63) is 29.3 Å². The normalized spacial score (nSPS) is 12.2. The molecule has 1 N–H and O–H groups in total. The minimum absolute atomic E-state index is 0.0388. The molecule has 2 aromatic rings. The van der Waals surface area contributed by atoms with Crippen LogP contribution in [0.2, 0.25) is 0 Å². The summed E-state index contributed by atoms with van der Waals surface area (Å²) in [5.74, 6) is 0.282. The van der Waals surface area contributed by atoms with Gasteiger partial charge in [0.25, 0.3) is 5.91 Å². The van der Waals surface area contributed by atoms with Gasteiger partial charge in [0, 0.05) is 31.0 Å². The summed E-state index contributed by atoms with van der Waals surface area (Å²) in [4.78, 5) is 28.7. The van der Waals surface area contributed by atoms with Crippen LogP contribution in [0.3, 0.4) is 0 Å². The molecule has 24 heavy (non-hydrogen) atoms. The fraction of sp³-hybridized carbons (Fsp3) is 0.312. The average molecular weight is 348 g/mol. The largest absolute Gasteiger partial charge is 0.481 e. The van der Waals surface area contributed by atoms with E-state index in [1.54, 1.807) is 12.4 Å². The van der Waals surface area contributed by atoms with Crippen LogP contribution in [0.4, 0.5) is 0 Å². The van der Waals surface area contributed by atoms with Gasteiger partial charge in [-0.15, -0.1) is 11.3 Å². The Balaban J connectivity index is 1.68. The Kier molecular flexibility index (Phi) is 4.66. The molecule has 3 rings (SSSR count). The molecular formula is C16H16N2O5S. The van der Waals surface area contributed by atoms with Crippen LogP contribution in [-0.2, 0) is 4.79 Å². The molecule has 1 aliphatic rings. The number of nitrogens with zero attached hydrogens (tertiary/aromatic N) is 2. The maximum Gasteiger partial charge on any atom is 0.303 e. The second-order valence-electron chi connectivity index (χ2n) is 5.33. The molecule has 1 aromatic heterocycles. The van der Waals surface area contributed by atoms with Crippen molar-refractivity contribution >= 4 is 23.2 Å². The van der Waals surface area contributed by atoms with E-state index in [2.05, 4.69) is 4.98 Å². The van der Waals surface area contributed by atoms with E-state index < -0.39 is 5.97 Å². The van der Waals surface area contributed by atoms with Crippen LogP contribution in [-0.4, -0.2) is 47.3 Å². The zero-order valence-electron chi connectivity index (χ0n) is 13.0. The van der Waals surface area contributed by atoms with Gasteiger partial charge in [0.1, 0.15) is 10.7 Å². The van der Waals surface area contributed by atoms with Crippen molar-refractivity contribution in [2.75, 3.05) is 20.4 Å². The molecule has 1 aromatic carbocycles. The number of ether oxygens (including phenoxy) is 2. The second kappa shape index (κ2) is 6.88. The third kappa shape index (κ3) is 3.48. The summed E-state index contributed by atoms with van der Waals surface area (Å²) >= 11 is 1.37. The van der Waals surface area contributed by atoms with E-state index >= 15 is 0 Å². The molecule has 0 unspecified atom stereocenters. The lowest BCUT2D eigenvalue weighted by Gasteiger charge is -2.14. The number of benzene rings is 1. The highest BCUT2D eigenvalue weighted by atomic mass is 32.1. The van der Waals surface area contributed by atoms with E-state index in [-0.39, 0.29) is 19.1 Å². The number of rotatable bonds is 6. The van der Waals surface area contributed by atoms with Crippen molar-refractivity contribution in [2.45, 2.75) is 12.8 Å². The first-order valence-electron chi connectivity index (χ1n) is 7.37. The molecule has 1 aliphatic heterocycles. The molecule has 0 saturated heterocycles. The molecule has 0 aliphatic carbocycles. The van der Waals surface area contributed by atoms with Crippen LogP contribution in [0, 0.1) is 0 Å². The van der Waals surface area contributed by atoms with Crippen molar-refractivity contribution in [3.63, 3.8) is 0 Å². The Labute approximate surface area is 142 Å². The predicted molar refractivity (Wildman–Crippen MR) is 87.5 cm³/mol. The first-order chi connectivity index (χ1) is 11.5. The average Bonchev–Trinajstić information content (AvgIpc) is 3.22. The zero-order valence-corrected chi connectivity index (χ0v) is 13.8. The Morgan fingerprint density at radius 2 is 2.12 bits per heavy atom. The van der Waals surface area contributed by atoms with E-state index in [1.165, 1.54) is 16.2 Å². The Morgan fingerprint density at radius 3 is 2.92 bits per heavy atom. The van der Waals surface area contributed by atoms with Crippen LogP contribution in [0.15, 0.2) is 23.6 Å². The van der Waals surface area contributed by atoms with Crippen molar-refractivity contribution < 1.29 is 24.2 Å². The molecular weight excluding hydrogens is 332 g/mol. The molecule has 2 heterocycles. The molecule has 8 heteroatoms. The first-order valence-corrected chi connectivity index (χ1v) is 8.25. The number of hydrogen-bond donors (Lipinski definition) is 1. The van der Waals surface area contributed by atoms with Gasteiger partial charge in [-0.2, -0.15) is 0 Å². The lowest BCUT2D eigenvalue weighted by Crippen LogP contribution is -2.28. The highest BCUT2D eigenvalue weighted by Crippen LogP contribution is 2.36. The summed E-state index contributed by atoms with van der Waals surface area (Å²) in [6.45, 7) is 0.587. The quantitative estimate of drug-likeness (QED) is 0.863. The van der Waals surface area contributed by atoms with Gasteiger partial charge in [0.05, 0.1) is 0 Å². The molecule has 7 nitrogen and oxygen atoms in total. The third-order valence-electron chi connectivity index (χ3n) is 3.57. The van der Waals surface area contributed by atoms with Crippen LogP contribution in [0.25, 0.3) is 10.6 Å². The van der Waals surface area contributed by atoms with Gasteiger partial charge in [-0.25, -0.2) is 4.98 Å². The summed E-state index contributed by atoms with van der Waals surface area (Å²) in [7, 11) is 1.64. The lowest BCUT2D eigenvalue weighted by atomic mass is 10.2. The van der Waals surface area contributed by atoms with Gasteiger partial charge in [0.2, 0.25) is 6.79 Å². The molecule has 0 atom stereocenters. The highest BCUT2D eigenvalue weighted by Gasteiger charge is 2.18. The molecule has 0 fully saturated rings. The number of aromatic nitrogens is 1. The van der Waals surface area contributed by atoms with Crippen molar-refractivity contribution in [2.24, 2.45) is 0 Å². The number of hydrogen-bond acceptors (Lipinski definition) is 6. The van der Waals surface area contributed by atoms with E-state index in [0.29, 0.717) is 30.2 Å². The number of carboxylic acids is 1. The Bertz CT molecular complexity index is 774. The SMILES string of the molecule is CN(CCCC(=O)O)C(=O)c1csc(-c2ccc3c(c2)OCO3)n1. The third-order valence-corrected chi connectivity index (χ3v) is 4.47. The predicted octanol–water partition coefficient (Wildman–Crippen LogP) is 2.48. The van der Waals surface area contributed by atoms with E-state index in [9.17, 15) is 9.59 Å². The molecule has 0 spiro atoms. The Hall–Kier alpha value is -2.61. The molecule has 0 saturated carbocycles. The summed E-state index contributed by atoms with van der Waals surface area (Å²) < 4.78 is 10.6. The number of thiazole rings is 1. The van der Waals surface area contributed by atoms with Gasteiger partial charge in [-0.05, 0) is 24.6 Å². The van der Waals surface area contributed by atoms with Gasteiger partial charge < -0.3 is 19.5 Å². The second-order valence-corrected chi connectivity index (χ2v) is 6.19. The number of carboxylic acid groups (broad SMARTS) is 1. The number of amides is 1. The maximum atomic E-state index is 12.3. The monoisotopic (exact) mass is 348 g/mol. The summed E-state index contributed by atoms with van der Waals surface area (Å²) in [6.07, 6.45) is 0.452. The fourth-order valence-electron chi connectivity index (χ4n) is 2.30. The standard InChI is InChI=1S/C16H16N2O5S/c1-18(6-2-3-14(19)20)16(21)11-8-24-15(17-11)10-4-5-12-13(7-10)23-9-22-12/h4-5,7-8H,2-3,6,9H2,1H3,(H,19,20). The molecule has 0 radical (unpaired) electrons. The summed E-state index contributed by atoms with van der Waals surface area (Å²) in [6, 6.07) is 5.53. The van der Waals surface area contributed by atoms with Crippen molar-refractivity contribution in [1.29, 1.82) is 0 Å². The van der Waals surface area contributed by atoms with Crippen molar-refractivity contribution in [3.8, 4) is 22.1 Å². The fourth-order valence-corrected chi connectivity index (χ4v) is 3.09. The zero-order chi connectivity index (χ0) is 17.1. The van der Waals surface area contributed by atoms with E-state index in [4.69, 9.17) is 14.6 Å². The minimum Gasteiger partial charge on any atom is -0.481 e. The van der Waals surface area contributed by atoms with Gasteiger partial charge in [-0.1, -0.05) is 0 Å². The van der Waals surface area contributed by atoms with Crippen LogP contribution in [0.5, 0.6) is 11.5 Å². The first kappa shape index (κ1) is 16.3. The number of carbonyl (C=O) groups excluding carboxylic acids is 1. The van der Waals surface area contributed by atoms with Gasteiger partial charge in [0.15, 0.2) is 11.5 Å². The maximum absolute atomic E-state index is 12.3. The van der Waals surface area contributed by atoms with Crippen LogP contribution in [0.1, 0.15) is 23.3 Å². The molecule has 126 valence electrons. The number of carbonyl (C=O) groups is 2. The van der Waals surface area contributed by atoms with E-state index in [1.807, 2.05) is 18.2 Å². The van der Waals surface area contributed by atoms with Crippen LogP contribution >= 0.6 is 11.3 Å². The summed E-state index contributed by atoms with van der Waals surface area (Å²) in [5, 5.41) is 11.1. The minimum atomic E-state index is -0.866. The highest BCUT2D eigenvalue weighted by molar-refractivity contribution is 7.13. The van der Waals surface area contributed by atoms with Crippen LogP contribution < -0.4 is 9.47 Å². The van der Waals surface area contributed by atoms with E-state index in [0.717, 1.165) is 10.6 Å². The van der Waals surface area contributed by atoms with Gasteiger partial charge >= 0.3 is 5.97 Å². The smallest absolute Gasteiger partial charge is 0.303 e. The van der Waals surface area contributed by atoms with Gasteiger partial charge in [-0.3, -0.25) is 9.59 Å². The number of fused-ring (bicyclic) bond motifs is 1. The molecule has 0 bridgehead atoms. The summed E-state index contributed by atoms with van der Waals surface area (Å²) in [5.41, 5.74) is 1.21. The Morgan fingerprint density at radius 1 is 1.33 bits per heavy atom.